The lowest BCUT2D eigenvalue weighted by atomic mass is 10.1. The number of pyridine rings is 1. The summed E-state index contributed by atoms with van der Waals surface area (Å²) in [6.45, 7) is 1.97. The average molecular weight is 272 g/mol. The number of anilines is 1. The summed E-state index contributed by atoms with van der Waals surface area (Å²) in [6.07, 6.45) is 2.78. The summed E-state index contributed by atoms with van der Waals surface area (Å²) < 4.78 is 10.3. The molecule has 0 amide bonds. The highest BCUT2D eigenvalue weighted by Crippen LogP contribution is 2.11. The van der Waals surface area contributed by atoms with Crippen molar-refractivity contribution >= 4 is 5.69 Å². The van der Waals surface area contributed by atoms with Crippen LogP contribution in [-0.4, -0.2) is 31.9 Å². The Bertz CT molecular complexity index is 486. The fourth-order valence-corrected chi connectivity index (χ4v) is 1.80. The molecule has 0 aliphatic carbocycles. The molecule has 4 nitrogen and oxygen atoms in total. The van der Waals surface area contributed by atoms with Crippen molar-refractivity contribution in [2.24, 2.45) is 0 Å². The Balaban J connectivity index is 1.73. The number of rotatable bonds is 8. The van der Waals surface area contributed by atoms with Crippen LogP contribution in [0.15, 0.2) is 48.7 Å². The Morgan fingerprint density at radius 3 is 2.60 bits per heavy atom. The number of nitrogens with one attached hydrogen (secondary N) is 1. The zero-order valence-electron chi connectivity index (χ0n) is 11.7. The molecule has 106 valence electrons. The van der Waals surface area contributed by atoms with E-state index in [1.807, 2.05) is 18.2 Å². The van der Waals surface area contributed by atoms with Gasteiger partial charge in [0, 0.05) is 19.7 Å². The van der Waals surface area contributed by atoms with Crippen LogP contribution in [0.25, 0.3) is 0 Å². The van der Waals surface area contributed by atoms with E-state index in [4.69, 9.17) is 9.47 Å². The lowest BCUT2D eigenvalue weighted by Crippen LogP contribution is -2.07. The van der Waals surface area contributed by atoms with Gasteiger partial charge in [-0.1, -0.05) is 30.3 Å². The van der Waals surface area contributed by atoms with Crippen molar-refractivity contribution in [3.63, 3.8) is 0 Å². The van der Waals surface area contributed by atoms with Crippen LogP contribution < -0.4 is 10.1 Å². The van der Waals surface area contributed by atoms with Crippen LogP contribution in [0, 0.1) is 0 Å². The van der Waals surface area contributed by atoms with Crippen molar-refractivity contribution in [2.45, 2.75) is 6.42 Å². The van der Waals surface area contributed by atoms with E-state index in [9.17, 15) is 0 Å². The third kappa shape index (κ3) is 4.90. The molecule has 0 atom stereocenters. The van der Waals surface area contributed by atoms with Gasteiger partial charge in [0.15, 0.2) is 0 Å². The predicted molar refractivity (Wildman–Crippen MR) is 80.2 cm³/mol. The van der Waals surface area contributed by atoms with Crippen LogP contribution in [0.3, 0.4) is 0 Å². The fraction of sp³-hybridized carbons (Fsp3) is 0.312. The van der Waals surface area contributed by atoms with E-state index in [-0.39, 0.29) is 0 Å². The molecule has 2 aromatic rings. The molecule has 1 heterocycles. The first-order chi connectivity index (χ1) is 9.88. The van der Waals surface area contributed by atoms with Crippen LogP contribution in [0.2, 0.25) is 0 Å². The van der Waals surface area contributed by atoms with Crippen molar-refractivity contribution < 1.29 is 9.47 Å². The normalized spacial score (nSPS) is 10.2. The van der Waals surface area contributed by atoms with Crippen LogP contribution in [-0.2, 0) is 11.2 Å². The summed E-state index contributed by atoms with van der Waals surface area (Å²) in [5, 5.41) is 3.34. The number of hydrogen-bond acceptors (Lipinski definition) is 4. The Morgan fingerprint density at radius 1 is 1.05 bits per heavy atom. The van der Waals surface area contributed by atoms with Crippen LogP contribution in [0.1, 0.15) is 5.56 Å². The third-order valence-electron chi connectivity index (χ3n) is 2.86. The van der Waals surface area contributed by atoms with Crippen LogP contribution in [0.4, 0.5) is 5.69 Å². The molecule has 0 fully saturated rings. The summed E-state index contributed by atoms with van der Waals surface area (Å²) in [6, 6.07) is 14.2. The molecule has 1 aromatic heterocycles. The molecule has 0 saturated heterocycles. The summed E-state index contributed by atoms with van der Waals surface area (Å²) in [7, 11) is 1.65. The van der Waals surface area contributed by atoms with E-state index >= 15 is 0 Å². The lowest BCUT2D eigenvalue weighted by molar-refractivity contribution is 0.144. The molecular weight excluding hydrogens is 252 g/mol. The molecule has 1 aromatic carbocycles. The Labute approximate surface area is 119 Å². The minimum absolute atomic E-state index is 0.518. The summed E-state index contributed by atoms with van der Waals surface area (Å²) in [4.78, 5) is 4.24. The molecule has 4 heteroatoms. The molecule has 2 rings (SSSR count). The number of hydrogen-bond donors (Lipinski definition) is 1. The Hall–Kier alpha value is -2.07. The maximum Gasteiger partial charge on any atom is 0.213 e. The summed E-state index contributed by atoms with van der Waals surface area (Å²) >= 11 is 0. The van der Waals surface area contributed by atoms with E-state index in [0.29, 0.717) is 19.1 Å². The highest BCUT2D eigenvalue weighted by molar-refractivity contribution is 5.42. The van der Waals surface area contributed by atoms with Gasteiger partial charge in [0.05, 0.1) is 18.5 Å². The standard InChI is InChI=1S/C16H20N2O2/c1-19-11-12-20-16-8-7-15(13-18-16)17-10-9-14-5-3-2-4-6-14/h2-8,13,17H,9-12H2,1H3. The zero-order valence-corrected chi connectivity index (χ0v) is 11.7. The highest BCUT2D eigenvalue weighted by Gasteiger charge is 1.97. The van der Waals surface area contributed by atoms with Gasteiger partial charge in [-0.2, -0.15) is 0 Å². The first-order valence-corrected chi connectivity index (χ1v) is 6.74. The second-order valence-electron chi connectivity index (χ2n) is 4.39. The second kappa shape index (κ2) is 8.17. The van der Waals surface area contributed by atoms with Crippen molar-refractivity contribution in [1.29, 1.82) is 0 Å². The summed E-state index contributed by atoms with van der Waals surface area (Å²) in [5.41, 5.74) is 2.33. The topological polar surface area (TPSA) is 43.4 Å². The van der Waals surface area contributed by atoms with Gasteiger partial charge in [-0.15, -0.1) is 0 Å². The van der Waals surface area contributed by atoms with E-state index in [0.717, 1.165) is 18.7 Å². The van der Waals surface area contributed by atoms with Crippen molar-refractivity contribution in [1.82, 2.24) is 4.98 Å². The molecule has 0 aliphatic rings. The smallest absolute Gasteiger partial charge is 0.213 e. The predicted octanol–water partition coefficient (Wildman–Crippen LogP) is 2.76. The molecule has 0 bridgehead atoms. The molecule has 0 radical (unpaired) electrons. The number of ether oxygens (including phenoxy) is 2. The van der Waals surface area contributed by atoms with E-state index in [1.165, 1.54) is 5.56 Å². The van der Waals surface area contributed by atoms with Gasteiger partial charge in [0.2, 0.25) is 5.88 Å². The highest BCUT2D eigenvalue weighted by atomic mass is 16.5. The Morgan fingerprint density at radius 2 is 1.90 bits per heavy atom. The number of aromatic nitrogens is 1. The monoisotopic (exact) mass is 272 g/mol. The maximum atomic E-state index is 5.41. The fourth-order valence-electron chi connectivity index (χ4n) is 1.80. The lowest BCUT2D eigenvalue weighted by Gasteiger charge is -2.08. The van der Waals surface area contributed by atoms with E-state index in [2.05, 4.69) is 34.6 Å². The van der Waals surface area contributed by atoms with Gasteiger partial charge < -0.3 is 14.8 Å². The van der Waals surface area contributed by atoms with Gasteiger partial charge in [0.25, 0.3) is 0 Å². The molecule has 0 unspecified atom stereocenters. The average Bonchev–Trinajstić information content (AvgIpc) is 2.50. The molecule has 0 spiro atoms. The minimum atomic E-state index is 0.518. The third-order valence-corrected chi connectivity index (χ3v) is 2.86. The number of benzene rings is 1. The van der Waals surface area contributed by atoms with Gasteiger partial charge in [-0.05, 0) is 18.1 Å². The molecule has 0 aliphatic heterocycles. The molecule has 0 saturated carbocycles. The molecular formula is C16H20N2O2. The van der Waals surface area contributed by atoms with Gasteiger partial charge >= 0.3 is 0 Å². The van der Waals surface area contributed by atoms with E-state index in [1.54, 1.807) is 13.3 Å². The Kier molecular flexibility index (Phi) is 5.86. The first kappa shape index (κ1) is 14.3. The minimum Gasteiger partial charge on any atom is -0.475 e. The van der Waals surface area contributed by atoms with Crippen LogP contribution in [0.5, 0.6) is 5.88 Å². The van der Waals surface area contributed by atoms with Crippen molar-refractivity contribution in [3.8, 4) is 5.88 Å². The molecule has 1 N–H and O–H groups in total. The zero-order chi connectivity index (χ0) is 14.0. The quantitative estimate of drug-likeness (QED) is 0.750. The summed E-state index contributed by atoms with van der Waals surface area (Å²) in [5.74, 6) is 0.621. The van der Waals surface area contributed by atoms with Crippen LogP contribution >= 0.6 is 0 Å². The second-order valence-corrected chi connectivity index (χ2v) is 4.39. The first-order valence-electron chi connectivity index (χ1n) is 6.74. The van der Waals surface area contributed by atoms with Crippen molar-refractivity contribution in [3.05, 3.63) is 54.2 Å². The van der Waals surface area contributed by atoms with Crippen molar-refractivity contribution in [2.75, 3.05) is 32.2 Å². The number of methoxy groups -OCH3 is 1. The number of nitrogens with zero attached hydrogens (tertiary/aromatic N) is 1. The largest absolute Gasteiger partial charge is 0.475 e. The maximum absolute atomic E-state index is 5.41. The molecule has 20 heavy (non-hydrogen) atoms. The van der Waals surface area contributed by atoms with E-state index < -0.39 is 0 Å². The van der Waals surface area contributed by atoms with Gasteiger partial charge in [-0.3, -0.25) is 0 Å². The van der Waals surface area contributed by atoms with Gasteiger partial charge in [-0.25, -0.2) is 4.98 Å². The SMILES string of the molecule is COCCOc1ccc(NCCc2ccccc2)cn1. The van der Waals surface area contributed by atoms with Gasteiger partial charge in [0.1, 0.15) is 6.61 Å².